The van der Waals surface area contributed by atoms with E-state index < -0.39 is 0 Å². The molecule has 118 valence electrons. The number of H-pyrrole nitrogens is 1. The topological polar surface area (TPSA) is 86.7 Å². The summed E-state index contributed by atoms with van der Waals surface area (Å²) in [7, 11) is 0. The van der Waals surface area contributed by atoms with Gasteiger partial charge in [-0.25, -0.2) is 9.97 Å². The Morgan fingerprint density at radius 2 is 2.23 bits per heavy atom. The van der Waals surface area contributed by atoms with E-state index in [2.05, 4.69) is 25.5 Å². The van der Waals surface area contributed by atoms with Gasteiger partial charge in [-0.3, -0.25) is 5.10 Å². The molecule has 0 aliphatic heterocycles. The molecule has 3 heterocycles. The highest BCUT2D eigenvalue weighted by Gasteiger charge is 2.25. The molecule has 0 unspecified atom stereocenters. The van der Waals surface area contributed by atoms with Crippen LogP contribution in [0.3, 0.4) is 0 Å². The number of aliphatic hydroxyl groups excluding tert-OH is 1. The summed E-state index contributed by atoms with van der Waals surface area (Å²) in [5, 5.41) is 19.7. The zero-order valence-corrected chi connectivity index (χ0v) is 12.6. The molecular formula is C15H21N5OS. The highest BCUT2D eigenvalue weighted by atomic mass is 32.1. The van der Waals surface area contributed by atoms with Crippen molar-refractivity contribution in [1.82, 2.24) is 20.2 Å². The van der Waals surface area contributed by atoms with E-state index in [0.717, 1.165) is 15.6 Å². The SMILES string of the molecule is OCc1ccc(-c2nccc(Nc3cc(C4CC4)[nH]n3)n2)s1.[HH].[HH].[HH]. The number of aromatic nitrogens is 4. The Morgan fingerprint density at radius 3 is 3.00 bits per heavy atom. The molecule has 3 N–H and O–H groups in total. The van der Waals surface area contributed by atoms with E-state index in [4.69, 9.17) is 5.11 Å². The van der Waals surface area contributed by atoms with Crippen LogP contribution in [0.2, 0.25) is 0 Å². The van der Waals surface area contributed by atoms with Crippen molar-refractivity contribution in [2.75, 3.05) is 5.32 Å². The molecule has 0 amide bonds. The first-order chi connectivity index (χ1) is 10.8. The van der Waals surface area contributed by atoms with Gasteiger partial charge in [-0.05, 0) is 31.0 Å². The number of hydrogen-bond donors (Lipinski definition) is 3. The highest BCUT2D eigenvalue weighted by Crippen LogP contribution is 2.39. The van der Waals surface area contributed by atoms with E-state index >= 15 is 0 Å². The molecule has 4 rings (SSSR count). The number of anilines is 2. The van der Waals surface area contributed by atoms with Crippen molar-refractivity contribution < 1.29 is 9.39 Å². The lowest BCUT2D eigenvalue weighted by atomic mass is 10.3. The predicted octanol–water partition coefficient (Wildman–Crippen LogP) is 3.78. The van der Waals surface area contributed by atoms with Crippen molar-refractivity contribution >= 4 is 23.0 Å². The molecule has 1 aliphatic rings. The lowest BCUT2D eigenvalue weighted by molar-refractivity contribution is 0.285. The van der Waals surface area contributed by atoms with Gasteiger partial charge < -0.3 is 10.4 Å². The van der Waals surface area contributed by atoms with Crippen molar-refractivity contribution in [2.24, 2.45) is 0 Å². The van der Waals surface area contributed by atoms with Crippen LogP contribution in [-0.2, 0) is 6.61 Å². The summed E-state index contributed by atoms with van der Waals surface area (Å²) in [6, 6.07) is 7.66. The summed E-state index contributed by atoms with van der Waals surface area (Å²) in [6.07, 6.45) is 4.20. The molecule has 6 nitrogen and oxygen atoms in total. The van der Waals surface area contributed by atoms with Gasteiger partial charge in [-0.1, -0.05) is 0 Å². The fourth-order valence-corrected chi connectivity index (χ4v) is 3.07. The van der Waals surface area contributed by atoms with E-state index in [1.165, 1.54) is 29.9 Å². The molecule has 1 aliphatic carbocycles. The maximum Gasteiger partial charge on any atom is 0.171 e. The van der Waals surface area contributed by atoms with E-state index in [9.17, 15) is 0 Å². The number of hydrogen-bond acceptors (Lipinski definition) is 6. The van der Waals surface area contributed by atoms with E-state index in [0.29, 0.717) is 17.6 Å². The summed E-state index contributed by atoms with van der Waals surface area (Å²) >= 11 is 1.49. The molecule has 1 saturated carbocycles. The van der Waals surface area contributed by atoms with E-state index in [-0.39, 0.29) is 10.9 Å². The zero-order valence-electron chi connectivity index (χ0n) is 11.8. The number of nitrogens with one attached hydrogen (secondary N) is 2. The first kappa shape index (κ1) is 13.4. The summed E-state index contributed by atoms with van der Waals surface area (Å²) in [6.45, 7) is 0.0415. The van der Waals surface area contributed by atoms with Crippen LogP contribution >= 0.6 is 11.3 Å². The smallest absolute Gasteiger partial charge is 0.171 e. The second kappa shape index (κ2) is 5.51. The second-order valence-corrected chi connectivity index (χ2v) is 6.47. The van der Waals surface area contributed by atoms with Crippen LogP contribution in [0.25, 0.3) is 10.7 Å². The average molecular weight is 319 g/mol. The van der Waals surface area contributed by atoms with Crippen molar-refractivity contribution in [3.8, 4) is 10.7 Å². The molecule has 1 fully saturated rings. The molecule has 22 heavy (non-hydrogen) atoms. The van der Waals surface area contributed by atoms with Crippen LogP contribution in [0, 0.1) is 0 Å². The summed E-state index contributed by atoms with van der Waals surface area (Å²) in [4.78, 5) is 10.6. The van der Waals surface area contributed by atoms with Gasteiger partial charge in [0, 0.05) is 33.0 Å². The van der Waals surface area contributed by atoms with Crippen LogP contribution in [0.5, 0.6) is 0 Å². The Bertz CT molecular complexity index is 806. The van der Waals surface area contributed by atoms with Gasteiger partial charge in [0.2, 0.25) is 0 Å². The van der Waals surface area contributed by atoms with Crippen LogP contribution in [0.15, 0.2) is 30.5 Å². The molecule has 0 aromatic carbocycles. The number of thiophene rings is 1. The van der Waals surface area contributed by atoms with Gasteiger partial charge in [0.1, 0.15) is 5.82 Å². The van der Waals surface area contributed by atoms with Crippen LogP contribution in [0.1, 0.15) is 33.6 Å². The maximum absolute atomic E-state index is 9.14. The van der Waals surface area contributed by atoms with Gasteiger partial charge in [0.25, 0.3) is 0 Å². The predicted molar refractivity (Wildman–Crippen MR) is 91.5 cm³/mol. The summed E-state index contributed by atoms with van der Waals surface area (Å²) in [5.41, 5.74) is 1.18. The van der Waals surface area contributed by atoms with Gasteiger partial charge >= 0.3 is 0 Å². The molecule has 0 radical (unpaired) electrons. The average Bonchev–Trinajstić information content (AvgIpc) is 3.10. The van der Waals surface area contributed by atoms with Gasteiger partial charge in [0.05, 0.1) is 11.5 Å². The molecule has 0 atom stereocenters. The fraction of sp³-hybridized carbons (Fsp3) is 0.267. The third-order valence-corrected chi connectivity index (χ3v) is 4.63. The number of aliphatic hydroxyl groups is 1. The lowest BCUT2D eigenvalue weighted by Crippen LogP contribution is -1.96. The van der Waals surface area contributed by atoms with Crippen LogP contribution in [-0.4, -0.2) is 25.3 Å². The van der Waals surface area contributed by atoms with Gasteiger partial charge in [-0.2, -0.15) is 5.10 Å². The first-order valence-corrected chi connectivity index (χ1v) is 7.99. The standard InChI is InChI=1S/C15H15N5OS.3H2/c21-8-10-3-4-12(22-10)15-16-6-5-13(18-15)17-14-7-11(19-20-14)9-1-2-9;;;/h3-7,9,21H,1-2,8H2,(H2,16,17,18,19,20);3*1H. The Kier molecular flexibility index (Phi) is 3.36. The van der Waals surface area contributed by atoms with Crippen molar-refractivity contribution in [3.63, 3.8) is 0 Å². The van der Waals surface area contributed by atoms with Crippen LogP contribution < -0.4 is 5.32 Å². The molecule has 0 bridgehead atoms. The first-order valence-electron chi connectivity index (χ1n) is 7.17. The molecule has 3 aromatic rings. The number of rotatable bonds is 5. The molecule has 0 spiro atoms. The zero-order chi connectivity index (χ0) is 14.9. The number of aromatic amines is 1. The van der Waals surface area contributed by atoms with E-state index in [1.54, 1.807) is 6.20 Å². The minimum atomic E-state index is 0. The lowest BCUT2D eigenvalue weighted by Gasteiger charge is -2.03. The Morgan fingerprint density at radius 1 is 1.32 bits per heavy atom. The third-order valence-electron chi connectivity index (χ3n) is 3.56. The third kappa shape index (κ3) is 2.72. The van der Waals surface area contributed by atoms with Crippen molar-refractivity contribution in [2.45, 2.75) is 25.4 Å². The maximum atomic E-state index is 9.14. The highest BCUT2D eigenvalue weighted by molar-refractivity contribution is 7.15. The summed E-state index contributed by atoms with van der Waals surface area (Å²) < 4.78 is 0. The molecular weight excluding hydrogens is 298 g/mol. The Hall–Kier alpha value is -2.25. The van der Waals surface area contributed by atoms with Gasteiger partial charge in [-0.15, -0.1) is 11.3 Å². The van der Waals surface area contributed by atoms with Crippen molar-refractivity contribution in [3.05, 3.63) is 41.0 Å². The molecule has 7 heteroatoms. The largest absolute Gasteiger partial charge is 0.391 e. The molecule has 3 aromatic heterocycles. The second-order valence-electron chi connectivity index (χ2n) is 5.30. The summed E-state index contributed by atoms with van der Waals surface area (Å²) in [5.74, 6) is 2.77. The molecule has 0 saturated heterocycles. The van der Waals surface area contributed by atoms with E-state index in [1.807, 2.05) is 24.3 Å². The van der Waals surface area contributed by atoms with Crippen LogP contribution in [0.4, 0.5) is 11.6 Å². The normalized spacial score (nSPS) is 14.2. The Balaban J connectivity index is 0.00000104. The quantitative estimate of drug-likeness (QED) is 0.666. The fourth-order valence-electron chi connectivity index (χ4n) is 2.27. The minimum absolute atomic E-state index is 0. The minimum Gasteiger partial charge on any atom is -0.391 e. The number of nitrogens with zero attached hydrogens (tertiary/aromatic N) is 3. The van der Waals surface area contributed by atoms with Gasteiger partial charge in [0.15, 0.2) is 11.6 Å². The van der Waals surface area contributed by atoms with Crippen molar-refractivity contribution in [1.29, 1.82) is 0 Å². The Labute approximate surface area is 135 Å². The monoisotopic (exact) mass is 319 g/mol.